The number of carbonyl (C=O) groups is 1. The molecule has 2 aromatic rings. The molecule has 0 aliphatic rings. The fraction of sp³-hybridized carbons (Fsp3) is 0.176. The summed E-state index contributed by atoms with van der Waals surface area (Å²) in [5.41, 5.74) is 0.632. The van der Waals surface area contributed by atoms with Crippen molar-refractivity contribution in [3.63, 3.8) is 0 Å². The molecule has 0 fully saturated rings. The highest BCUT2D eigenvalue weighted by Crippen LogP contribution is 2.31. The van der Waals surface area contributed by atoms with Gasteiger partial charge >= 0.3 is 6.18 Å². The van der Waals surface area contributed by atoms with Crippen molar-refractivity contribution in [2.24, 2.45) is 0 Å². The molecule has 0 amide bonds. The highest BCUT2D eigenvalue weighted by Gasteiger charge is 2.32. The molecule has 0 atom stereocenters. The zero-order valence-corrected chi connectivity index (χ0v) is 13.6. The van der Waals surface area contributed by atoms with Crippen LogP contribution in [-0.2, 0) is 12.7 Å². The lowest BCUT2D eigenvalue weighted by molar-refractivity contribution is -0.138. The Kier molecular flexibility index (Phi) is 5.56. The zero-order valence-electron chi connectivity index (χ0n) is 12.8. The first-order chi connectivity index (χ1) is 11.3. The van der Waals surface area contributed by atoms with Crippen LogP contribution in [0.1, 0.15) is 28.4 Å². The van der Waals surface area contributed by atoms with E-state index in [0.29, 0.717) is 11.3 Å². The van der Waals surface area contributed by atoms with Gasteiger partial charge in [-0.1, -0.05) is 18.2 Å². The minimum atomic E-state index is -4.41. The summed E-state index contributed by atoms with van der Waals surface area (Å²) in [5, 5.41) is 5.81. The molecule has 0 aromatic heterocycles. The maximum Gasteiger partial charge on any atom is 0.416 e. The number of Topliss-reactive ketones (excluding diaryl/α,β-unsaturated/α-hetero) is 1. The number of rotatable bonds is 4. The molecule has 0 radical (unpaired) electrons. The summed E-state index contributed by atoms with van der Waals surface area (Å²) in [6.07, 6.45) is -4.41. The van der Waals surface area contributed by atoms with Crippen LogP contribution in [0.2, 0.25) is 0 Å². The summed E-state index contributed by atoms with van der Waals surface area (Å²) in [5.74, 6) is -0.0500. The SMILES string of the molecule is CC(=O)c1ccc(NC(=S)NCc2ccccc2C(F)(F)F)cc1. The van der Waals surface area contributed by atoms with E-state index in [1.807, 2.05) is 0 Å². The number of anilines is 1. The molecule has 0 unspecified atom stereocenters. The summed E-state index contributed by atoms with van der Waals surface area (Å²) < 4.78 is 38.8. The number of nitrogens with one attached hydrogen (secondary N) is 2. The molecule has 24 heavy (non-hydrogen) atoms. The van der Waals surface area contributed by atoms with Crippen LogP contribution in [0.5, 0.6) is 0 Å². The van der Waals surface area contributed by atoms with E-state index in [1.165, 1.54) is 19.1 Å². The minimum Gasteiger partial charge on any atom is -0.358 e. The maximum absolute atomic E-state index is 12.9. The number of alkyl halides is 3. The number of ketones is 1. The van der Waals surface area contributed by atoms with E-state index in [-0.39, 0.29) is 23.0 Å². The average Bonchev–Trinajstić information content (AvgIpc) is 2.53. The van der Waals surface area contributed by atoms with Crippen molar-refractivity contribution in [2.75, 3.05) is 5.32 Å². The quantitative estimate of drug-likeness (QED) is 0.632. The second kappa shape index (κ2) is 7.44. The number of hydrogen-bond donors (Lipinski definition) is 2. The molecule has 7 heteroatoms. The third-order valence-electron chi connectivity index (χ3n) is 3.31. The summed E-state index contributed by atoms with van der Waals surface area (Å²) in [4.78, 5) is 11.2. The highest BCUT2D eigenvalue weighted by molar-refractivity contribution is 7.80. The Morgan fingerprint density at radius 3 is 2.29 bits per heavy atom. The van der Waals surface area contributed by atoms with Crippen molar-refractivity contribution in [1.82, 2.24) is 5.32 Å². The Balaban J connectivity index is 1.98. The van der Waals surface area contributed by atoms with E-state index < -0.39 is 11.7 Å². The van der Waals surface area contributed by atoms with Gasteiger partial charge in [0.25, 0.3) is 0 Å². The Morgan fingerprint density at radius 1 is 1.08 bits per heavy atom. The van der Waals surface area contributed by atoms with Gasteiger partial charge < -0.3 is 10.6 Å². The molecule has 3 nitrogen and oxygen atoms in total. The summed E-state index contributed by atoms with van der Waals surface area (Å²) in [7, 11) is 0. The van der Waals surface area contributed by atoms with Crippen molar-refractivity contribution >= 4 is 28.8 Å². The largest absolute Gasteiger partial charge is 0.416 e. The predicted molar refractivity (Wildman–Crippen MR) is 91.0 cm³/mol. The van der Waals surface area contributed by atoms with Crippen LogP contribution in [0.4, 0.5) is 18.9 Å². The summed E-state index contributed by atoms with van der Waals surface area (Å²) in [6, 6.07) is 12.0. The van der Waals surface area contributed by atoms with Crippen LogP contribution >= 0.6 is 12.2 Å². The van der Waals surface area contributed by atoms with E-state index >= 15 is 0 Å². The number of hydrogen-bond acceptors (Lipinski definition) is 2. The van der Waals surface area contributed by atoms with E-state index in [4.69, 9.17) is 12.2 Å². The van der Waals surface area contributed by atoms with Crippen molar-refractivity contribution in [3.8, 4) is 0 Å². The third kappa shape index (κ3) is 4.79. The second-order valence-corrected chi connectivity index (χ2v) is 5.50. The molecule has 0 aliphatic carbocycles. The lowest BCUT2D eigenvalue weighted by Gasteiger charge is -2.15. The topological polar surface area (TPSA) is 41.1 Å². The molecule has 0 aliphatic heterocycles. The smallest absolute Gasteiger partial charge is 0.358 e. The van der Waals surface area contributed by atoms with Gasteiger partial charge in [-0.05, 0) is 55.0 Å². The highest BCUT2D eigenvalue weighted by atomic mass is 32.1. The molecular weight excluding hydrogens is 337 g/mol. The van der Waals surface area contributed by atoms with Crippen LogP contribution in [-0.4, -0.2) is 10.9 Å². The first kappa shape index (κ1) is 17.9. The molecule has 0 saturated carbocycles. The Bertz CT molecular complexity index is 742. The molecule has 0 bridgehead atoms. The molecule has 2 rings (SSSR count). The van der Waals surface area contributed by atoms with Gasteiger partial charge in [0.2, 0.25) is 0 Å². The molecule has 0 saturated heterocycles. The normalized spacial score (nSPS) is 11.0. The first-order valence-corrected chi connectivity index (χ1v) is 7.49. The van der Waals surface area contributed by atoms with Gasteiger partial charge in [-0.3, -0.25) is 4.79 Å². The van der Waals surface area contributed by atoms with Crippen LogP contribution in [0, 0.1) is 0 Å². The fourth-order valence-electron chi connectivity index (χ4n) is 2.09. The van der Waals surface area contributed by atoms with Gasteiger partial charge in [0.05, 0.1) is 5.56 Å². The van der Waals surface area contributed by atoms with Gasteiger partial charge in [0.15, 0.2) is 10.9 Å². The molecule has 2 aromatic carbocycles. The van der Waals surface area contributed by atoms with E-state index in [0.717, 1.165) is 6.07 Å². The predicted octanol–water partition coefficient (Wildman–Crippen LogP) is 4.39. The zero-order chi connectivity index (χ0) is 17.7. The number of benzene rings is 2. The van der Waals surface area contributed by atoms with Gasteiger partial charge in [-0.25, -0.2) is 0 Å². The van der Waals surface area contributed by atoms with Gasteiger partial charge in [-0.15, -0.1) is 0 Å². The molecule has 2 N–H and O–H groups in total. The Labute approximate surface area is 142 Å². The summed E-state index contributed by atoms with van der Waals surface area (Å²) in [6.45, 7) is 1.42. The standard InChI is InChI=1S/C17H15F3N2OS/c1-11(23)12-6-8-14(9-7-12)22-16(24)21-10-13-4-2-3-5-15(13)17(18,19)20/h2-9H,10H2,1H3,(H2,21,22,24). The molecular formula is C17H15F3N2OS. The average molecular weight is 352 g/mol. The Morgan fingerprint density at radius 2 is 1.71 bits per heavy atom. The Hall–Kier alpha value is -2.41. The van der Waals surface area contributed by atoms with Crippen LogP contribution in [0.3, 0.4) is 0 Å². The van der Waals surface area contributed by atoms with Gasteiger partial charge in [0.1, 0.15) is 0 Å². The van der Waals surface area contributed by atoms with Crippen LogP contribution < -0.4 is 10.6 Å². The number of halogens is 3. The molecule has 126 valence electrons. The van der Waals surface area contributed by atoms with Crippen LogP contribution in [0.25, 0.3) is 0 Å². The second-order valence-electron chi connectivity index (χ2n) is 5.10. The monoisotopic (exact) mass is 352 g/mol. The molecule has 0 spiro atoms. The van der Waals surface area contributed by atoms with E-state index in [1.54, 1.807) is 30.3 Å². The number of thiocarbonyl (C=S) groups is 1. The van der Waals surface area contributed by atoms with E-state index in [2.05, 4.69) is 10.6 Å². The molecule has 0 heterocycles. The first-order valence-electron chi connectivity index (χ1n) is 7.08. The summed E-state index contributed by atoms with van der Waals surface area (Å²) >= 11 is 5.09. The van der Waals surface area contributed by atoms with Crippen molar-refractivity contribution < 1.29 is 18.0 Å². The third-order valence-corrected chi connectivity index (χ3v) is 3.56. The lowest BCUT2D eigenvalue weighted by atomic mass is 10.1. The van der Waals surface area contributed by atoms with Crippen LogP contribution in [0.15, 0.2) is 48.5 Å². The van der Waals surface area contributed by atoms with Crippen molar-refractivity contribution in [2.45, 2.75) is 19.6 Å². The van der Waals surface area contributed by atoms with Gasteiger partial charge in [-0.2, -0.15) is 13.2 Å². The minimum absolute atomic E-state index is 0.0486. The fourth-order valence-corrected chi connectivity index (χ4v) is 2.28. The number of carbonyl (C=O) groups excluding carboxylic acids is 1. The van der Waals surface area contributed by atoms with Crippen molar-refractivity contribution in [1.29, 1.82) is 0 Å². The lowest BCUT2D eigenvalue weighted by Crippen LogP contribution is -2.28. The van der Waals surface area contributed by atoms with E-state index in [9.17, 15) is 18.0 Å². The maximum atomic E-state index is 12.9. The van der Waals surface area contributed by atoms with Gasteiger partial charge in [0, 0.05) is 17.8 Å². The van der Waals surface area contributed by atoms with Crippen molar-refractivity contribution in [3.05, 3.63) is 65.2 Å².